The fourth-order valence-corrected chi connectivity index (χ4v) is 2.85. The Kier molecular flexibility index (Phi) is 4.36. The Bertz CT molecular complexity index is 672. The number of benzene rings is 1. The molecule has 0 radical (unpaired) electrons. The van der Waals surface area contributed by atoms with Gasteiger partial charge in [0.1, 0.15) is 17.1 Å². The van der Waals surface area contributed by atoms with E-state index in [9.17, 15) is 4.79 Å². The van der Waals surface area contributed by atoms with Crippen molar-refractivity contribution in [1.29, 1.82) is 0 Å². The summed E-state index contributed by atoms with van der Waals surface area (Å²) in [6.07, 6.45) is 4.51. The first-order valence-corrected chi connectivity index (χ1v) is 8.07. The average Bonchev–Trinajstić information content (AvgIpc) is 2.89. The van der Waals surface area contributed by atoms with Crippen LogP contribution in [0, 0.1) is 5.92 Å². The number of furan rings is 1. The van der Waals surface area contributed by atoms with Gasteiger partial charge >= 0.3 is 0 Å². The van der Waals surface area contributed by atoms with E-state index in [1.807, 2.05) is 18.2 Å². The van der Waals surface area contributed by atoms with Crippen molar-refractivity contribution in [3.8, 4) is 5.75 Å². The van der Waals surface area contributed by atoms with Crippen LogP contribution in [0.2, 0.25) is 0 Å². The first-order valence-electron chi connectivity index (χ1n) is 8.07. The fourth-order valence-electron chi connectivity index (χ4n) is 2.85. The summed E-state index contributed by atoms with van der Waals surface area (Å²) in [5.74, 6) is 2.20. The molecule has 0 bridgehead atoms. The number of aryl methyl sites for hydroxylation is 2. The third-order valence-corrected chi connectivity index (χ3v) is 4.00. The minimum absolute atomic E-state index is 0.0538. The Morgan fingerprint density at radius 2 is 2.14 bits per heavy atom. The van der Waals surface area contributed by atoms with E-state index in [0.717, 1.165) is 35.3 Å². The van der Waals surface area contributed by atoms with Crippen molar-refractivity contribution in [1.82, 2.24) is 5.32 Å². The highest BCUT2D eigenvalue weighted by Crippen LogP contribution is 2.33. The topological polar surface area (TPSA) is 51.5 Å². The highest BCUT2D eigenvalue weighted by Gasteiger charge is 2.18. The van der Waals surface area contributed by atoms with Gasteiger partial charge in [-0.15, -0.1) is 0 Å². The lowest BCUT2D eigenvalue weighted by Crippen LogP contribution is -2.31. The third kappa shape index (κ3) is 3.26. The molecule has 0 saturated carbocycles. The first kappa shape index (κ1) is 14.9. The number of nitrogens with one attached hydrogen (secondary N) is 1. The van der Waals surface area contributed by atoms with Gasteiger partial charge in [0.25, 0.3) is 5.91 Å². The Hall–Kier alpha value is -1.97. The average molecular weight is 301 g/mol. The van der Waals surface area contributed by atoms with E-state index in [1.165, 1.54) is 18.4 Å². The van der Waals surface area contributed by atoms with Gasteiger partial charge in [0, 0.05) is 23.9 Å². The predicted molar refractivity (Wildman–Crippen MR) is 86.2 cm³/mol. The zero-order valence-corrected chi connectivity index (χ0v) is 13.3. The van der Waals surface area contributed by atoms with Crippen LogP contribution >= 0.6 is 0 Å². The second-order valence-corrected chi connectivity index (χ2v) is 6.36. The molecule has 1 N–H and O–H groups in total. The minimum Gasteiger partial charge on any atom is -0.484 e. The quantitative estimate of drug-likeness (QED) is 0.920. The zero-order chi connectivity index (χ0) is 15.5. The minimum atomic E-state index is -0.0805. The Balaban J connectivity index is 1.68. The Morgan fingerprint density at radius 3 is 2.95 bits per heavy atom. The lowest BCUT2D eigenvalue weighted by atomic mass is 9.96. The van der Waals surface area contributed by atoms with Crippen molar-refractivity contribution in [2.75, 3.05) is 13.2 Å². The van der Waals surface area contributed by atoms with Gasteiger partial charge in [-0.2, -0.15) is 0 Å². The molecule has 4 heteroatoms. The molecule has 0 fully saturated rings. The van der Waals surface area contributed by atoms with E-state index in [4.69, 9.17) is 9.15 Å². The molecule has 22 heavy (non-hydrogen) atoms. The monoisotopic (exact) mass is 301 g/mol. The molecule has 1 amide bonds. The van der Waals surface area contributed by atoms with Crippen LogP contribution in [-0.2, 0) is 17.6 Å². The summed E-state index contributed by atoms with van der Waals surface area (Å²) < 4.78 is 11.5. The number of hydrogen-bond donors (Lipinski definition) is 1. The summed E-state index contributed by atoms with van der Waals surface area (Å²) in [7, 11) is 0. The zero-order valence-electron chi connectivity index (χ0n) is 13.3. The van der Waals surface area contributed by atoms with E-state index in [1.54, 1.807) is 0 Å². The largest absolute Gasteiger partial charge is 0.484 e. The predicted octanol–water partition coefficient (Wildman–Crippen LogP) is 3.46. The molecule has 1 aliphatic carbocycles. The maximum atomic E-state index is 11.7. The van der Waals surface area contributed by atoms with Crippen LogP contribution in [0.15, 0.2) is 22.6 Å². The van der Waals surface area contributed by atoms with Gasteiger partial charge < -0.3 is 14.5 Å². The highest BCUT2D eigenvalue weighted by atomic mass is 16.5. The van der Waals surface area contributed by atoms with Crippen molar-refractivity contribution in [3.05, 3.63) is 29.5 Å². The summed E-state index contributed by atoms with van der Waals surface area (Å²) in [5.41, 5.74) is 2.24. The van der Waals surface area contributed by atoms with Gasteiger partial charge in [-0.3, -0.25) is 4.79 Å². The summed E-state index contributed by atoms with van der Waals surface area (Å²) in [6, 6.07) is 5.81. The molecule has 1 aliphatic rings. The second-order valence-electron chi connectivity index (χ2n) is 6.36. The molecule has 3 rings (SSSR count). The van der Waals surface area contributed by atoms with Crippen LogP contribution in [0.4, 0.5) is 0 Å². The van der Waals surface area contributed by atoms with Gasteiger partial charge in [-0.25, -0.2) is 0 Å². The van der Waals surface area contributed by atoms with Crippen molar-refractivity contribution in [2.45, 2.75) is 39.5 Å². The van der Waals surface area contributed by atoms with Crippen LogP contribution in [0.3, 0.4) is 0 Å². The van der Waals surface area contributed by atoms with Crippen LogP contribution in [0.25, 0.3) is 11.0 Å². The fraction of sp³-hybridized carbons (Fsp3) is 0.500. The summed E-state index contributed by atoms with van der Waals surface area (Å²) >= 11 is 0. The van der Waals surface area contributed by atoms with E-state index >= 15 is 0 Å². The van der Waals surface area contributed by atoms with E-state index in [0.29, 0.717) is 12.5 Å². The highest BCUT2D eigenvalue weighted by molar-refractivity contribution is 5.84. The summed E-state index contributed by atoms with van der Waals surface area (Å²) in [6.45, 7) is 4.86. The standard InChI is InChI=1S/C18H23NO3/c1-12(2)10-19-18(20)11-21-13-7-8-17-15(9-13)14-5-3-4-6-16(14)22-17/h7-9,12H,3-6,10-11H2,1-2H3,(H,19,20). The lowest BCUT2D eigenvalue weighted by molar-refractivity contribution is -0.123. The molecule has 2 aromatic rings. The number of carbonyl (C=O) groups excluding carboxylic acids is 1. The molecule has 1 heterocycles. The van der Waals surface area contributed by atoms with Crippen LogP contribution in [-0.4, -0.2) is 19.1 Å². The number of ether oxygens (including phenoxy) is 1. The molecule has 1 aromatic carbocycles. The number of carbonyl (C=O) groups is 1. The number of amides is 1. The SMILES string of the molecule is CC(C)CNC(=O)COc1ccc2oc3c(c2c1)CCCC3. The number of fused-ring (bicyclic) bond motifs is 3. The van der Waals surface area contributed by atoms with Crippen LogP contribution < -0.4 is 10.1 Å². The second kappa shape index (κ2) is 6.42. The molecule has 0 aliphatic heterocycles. The maximum Gasteiger partial charge on any atom is 0.257 e. The Labute approximate surface area is 130 Å². The van der Waals surface area contributed by atoms with Crippen molar-refractivity contribution >= 4 is 16.9 Å². The van der Waals surface area contributed by atoms with Gasteiger partial charge in [0.05, 0.1) is 0 Å². The number of rotatable bonds is 5. The van der Waals surface area contributed by atoms with Gasteiger partial charge in [0.15, 0.2) is 6.61 Å². The van der Waals surface area contributed by atoms with Crippen LogP contribution in [0.1, 0.15) is 38.0 Å². The van der Waals surface area contributed by atoms with E-state index in [-0.39, 0.29) is 12.5 Å². The molecule has 0 unspecified atom stereocenters. The molecular weight excluding hydrogens is 278 g/mol. The third-order valence-electron chi connectivity index (χ3n) is 4.00. The van der Waals surface area contributed by atoms with Gasteiger partial charge in [0.2, 0.25) is 0 Å². The molecule has 118 valence electrons. The molecule has 0 spiro atoms. The normalized spacial score (nSPS) is 14.1. The summed E-state index contributed by atoms with van der Waals surface area (Å²) in [4.78, 5) is 11.7. The maximum absolute atomic E-state index is 11.7. The van der Waals surface area contributed by atoms with Gasteiger partial charge in [-0.1, -0.05) is 13.8 Å². The first-order chi connectivity index (χ1) is 10.6. The molecule has 0 atom stereocenters. The molecule has 1 aromatic heterocycles. The summed E-state index contributed by atoms with van der Waals surface area (Å²) in [5, 5.41) is 3.99. The smallest absolute Gasteiger partial charge is 0.257 e. The molecule has 0 saturated heterocycles. The Morgan fingerprint density at radius 1 is 1.32 bits per heavy atom. The van der Waals surface area contributed by atoms with Gasteiger partial charge in [-0.05, 0) is 43.4 Å². The molecular formula is C18H23NO3. The van der Waals surface area contributed by atoms with Crippen molar-refractivity contribution in [2.24, 2.45) is 5.92 Å². The van der Waals surface area contributed by atoms with Crippen LogP contribution in [0.5, 0.6) is 5.75 Å². The van der Waals surface area contributed by atoms with Crippen molar-refractivity contribution in [3.63, 3.8) is 0 Å². The van der Waals surface area contributed by atoms with E-state index < -0.39 is 0 Å². The van der Waals surface area contributed by atoms with Crippen molar-refractivity contribution < 1.29 is 13.9 Å². The number of hydrogen-bond acceptors (Lipinski definition) is 3. The lowest BCUT2D eigenvalue weighted by Gasteiger charge is -2.10. The van der Waals surface area contributed by atoms with E-state index in [2.05, 4.69) is 19.2 Å². The molecule has 4 nitrogen and oxygen atoms in total.